The minimum atomic E-state index is -0.358. The van der Waals surface area contributed by atoms with Crippen molar-refractivity contribution in [3.63, 3.8) is 0 Å². The van der Waals surface area contributed by atoms with Crippen LogP contribution in [0.15, 0.2) is 0 Å². The van der Waals surface area contributed by atoms with E-state index in [1.807, 2.05) is 14.0 Å². The van der Waals surface area contributed by atoms with E-state index in [-0.39, 0.29) is 18.2 Å². The van der Waals surface area contributed by atoms with Crippen LogP contribution in [0.3, 0.4) is 0 Å². The molecule has 1 fully saturated rings. The third kappa shape index (κ3) is 3.93. The van der Waals surface area contributed by atoms with Crippen LogP contribution in [0.5, 0.6) is 0 Å². The predicted molar refractivity (Wildman–Crippen MR) is 52.2 cm³/mol. The molecule has 2 atom stereocenters. The summed E-state index contributed by atoms with van der Waals surface area (Å²) in [7, 11) is 1.82. The highest BCUT2D eigenvalue weighted by Crippen LogP contribution is 2.03. The fraction of sp³-hybridized carbons (Fsp3) is 0.889. The summed E-state index contributed by atoms with van der Waals surface area (Å²) in [6.45, 7) is 3.82. The molecule has 2 unspecified atom stereocenters. The standard InChI is InChI=1S/C9H18N2O3/c1-7(5-10-2)14-9(12)11-8-3-4-13-6-8/h7-8,10H,3-6H2,1-2H3,(H,11,12). The normalized spacial score (nSPS) is 23.1. The summed E-state index contributed by atoms with van der Waals surface area (Å²) in [5.41, 5.74) is 0. The van der Waals surface area contributed by atoms with Gasteiger partial charge < -0.3 is 20.1 Å². The molecule has 0 aromatic carbocycles. The second-order valence-corrected chi connectivity index (χ2v) is 3.48. The smallest absolute Gasteiger partial charge is 0.407 e. The molecule has 1 heterocycles. The third-order valence-electron chi connectivity index (χ3n) is 2.05. The molecule has 1 saturated heterocycles. The number of hydrogen-bond donors (Lipinski definition) is 2. The minimum Gasteiger partial charge on any atom is -0.445 e. The maximum Gasteiger partial charge on any atom is 0.407 e. The first-order valence-corrected chi connectivity index (χ1v) is 4.92. The van der Waals surface area contributed by atoms with E-state index < -0.39 is 0 Å². The molecule has 0 aromatic heterocycles. The van der Waals surface area contributed by atoms with Gasteiger partial charge in [0.05, 0.1) is 12.6 Å². The Morgan fingerprint density at radius 3 is 3.07 bits per heavy atom. The molecule has 0 spiro atoms. The lowest BCUT2D eigenvalue weighted by Crippen LogP contribution is -2.38. The van der Waals surface area contributed by atoms with Gasteiger partial charge in [-0.25, -0.2) is 4.79 Å². The Morgan fingerprint density at radius 2 is 2.50 bits per heavy atom. The van der Waals surface area contributed by atoms with Crippen molar-refractivity contribution in [2.45, 2.75) is 25.5 Å². The molecule has 1 aliphatic rings. The molecule has 0 aromatic rings. The van der Waals surface area contributed by atoms with Crippen molar-refractivity contribution in [2.75, 3.05) is 26.8 Å². The number of nitrogens with one attached hydrogen (secondary N) is 2. The molecular weight excluding hydrogens is 184 g/mol. The fourth-order valence-corrected chi connectivity index (χ4v) is 1.36. The van der Waals surface area contributed by atoms with E-state index in [0.29, 0.717) is 13.2 Å². The average molecular weight is 202 g/mol. The van der Waals surface area contributed by atoms with E-state index >= 15 is 0 Å². The molecule has 14 heavy (non-hydrogen) atoms. The highest BCUT2D eigenvalue weighted by Gasteiger charge is 2.19. The van der Waals surface area contributed by atoms with Crippen molar-refractivity contribution in [1.29, 1.82) is 0 Å². The number of alkyl carbamates (subject to hydrolysis) is 1. The number of rotatable bonds is 4. The first kappa shape index (κ1) is 11.3. The van der Waals surface area contributed by atoms with Crippen molar-refractivity contribution in [3.05, 3.63) is 0 Å². The van der Waals surface area contributed by atoms with Crippen LogP contribution in [0.2, 0.25) is 0 Å². The lowest BCUT2D eigenvalue weighted by molar-refractivity contribution is 0.102. The second kappa shape index (κ2) is 5.82. The van der Waals surface area contributed by atoms with E-state index in [1.54, 1.807) is 0 Å². The lowest BCUT2D eigenvalue weighted by Gasteiger charge is -2.15. The van der Waals surface area contributed by atoms with Gasteiger partial charge in [0.25, 0.3) is 0 Å². The summed E-state index contributed by atoms with van der Waals surface area (Å²) in [4.78, 5) is 11.3. The topological polar surface area (TPSA) is 59.6 Å². The first-order valence-electron chi connectivity index (χ1n) is 4.92. The maximum atomic E-state index is 11.3. The highest BCUT2D eigenvalue weighted by atomic mass is 16.6. The third-order valence-corrected chi connectivity index (χ3v) is 2.05. The summed E-state index contributed by atoms with van der Waals surface area (Å²) >= 11 is 0. The zero-order valence-electron chi connectivity index (χ0n) is 8.71. The van der Waals surface area contributed by atoms with Gasteiger partial charge in [0.15, 0.2) is 0 Å². The Hall–Kier alpha value is -0.810. The molecular formula is C9H18N2O3. The zero-order valence-corrected chi connectivity index (χ0v) is 8.71. The van der Waals surface area contributed by atoms with E-state index in [0.717, 1.165) is 13.0 Å². The van der Waals surface area contributed by atoms with Gasteiger partial charge in [0, 0.05) is 13.2 Å². The number of likely N-dealkylation sites (N-methyl/N-ethyl adjacent to an activating group) is 1. The van der Waals surface area contributed by atoms with Crippen molar-refractivity contribution in [1.82, 2.24) is 10.6 Å². The fourth-order valence-electron chi connectivity index (χ4n) is 1.36. The van der Waals surface area contributed by atoms with Crippen LogP contribution in [0.4, 0.5) is 4.79 Å². The number of carbonyl (C=O) groups excluding carboxylic acids is 1. The van der Waals surface area contributed by atoms with Gasteiger partial charge in [-0.05, 0) is 20.4 Å². The van der Waals surface area contributed by atoms with Crippen LogP contribution in [-0.4, -0.2) is 45.0 Å². The van der Waals surface area contributed by atoms with Gasteiger partial charge in [0.1, 0.15) is 6.10 Å². The van der Waals surface area contributed by atoms with E-state index in [9.17, 15) is 4.79 Å². The Bertz CT molecular complexity index is 181. The summed E-state index contributed by atoms with van der Waals surface area (Å²) < 4.78 is 10.2. The Balaban J connectivity index is 2.14. The van der Waals surface area contributed by atoms with Crippen LogP contribution in [0.1, 0.15) is 13.3 Å². The quantitative estimate of drug-likeness (QED) is 0.679. The molecule has 0 aliphatic carbocycles. The first-order chi connectivity index (χ1) is 6.72. The molecule has 1 aliphatic heterocycles. The Labute approximate surface area is 84.1 Å². The van der Waals surface area contributed by atoms with Crippen LogP contribution in [0, 0.1) is 0 Å². The van der Waals surface area contributed by atoms with Gasteiger partial charge in [-0.15, -0.1) is 0 Å². The maximum absolute atomic E-state index is 11.3. The van der Waals surface area contributed by atoms with Crippen molar-refractivity contribution >= 4 is 6.09 Å². The summed E-state index contributed by atoms with van der Waals surface area (Å²) in [5.74, 6) is 0. The predicted octanol–water partition coefficient (Wildman–Crippen LogP) is 0.109. The summed E-state index contributed by atoms with van der Waals surface area (Å²) in [5, 5.41) is 5.69. The molecule has 2 N–H and O–H groups in total. The van der Waals surface area contributed by atoms with E-state index in [4.69, 9.17) is 9.47 Å². The molecule has 5 nitrogen and oxygen atoms in total. The lowest BCUT2D eigenvalue weighted by atomic mass is 10.3. The largest absolute Gasteiger partial charge is 0.445 e. The number of carbonyl (C=O) groups is 1. The Morgan fingerprint density at radius 1 is 1.71 bits per heavy atom. The highest BCUT2D eigenvalue weighted by molar-refractivity contribution is 5.67. The Kier molecular flexibility index (Phi) is 4.69. The van der Waals surface area contributed by atoms with Gasteiger partial charge >= 0.3 is 6.09 Å². The van der Waals surface area contributed by atoms with Crippen LogP contribution in [0.25, 0.3) is 0 Å². The van der Waals surface area contributed by atoms with Crippen LogP contribution < -0.4 is 10.6 Å². The molecule has 1 rings (SSSR count). The molecule has 0 radical (unpaired) electrons. The van der Waals surface area contributed by atoms with Gasteiger partial charge in [0.2, 0.25) is 0 Å². The minimum absolute atomic E-state index is 0.109. The molecule has 0 bridgehead atoms. The van der Waals surface area contributed by atoms with Gasteiger partial charge in [-0.2, -0.15) is 0 Å². The van der Waals surface area contributed by atoms with Gasteiger partial charge in [-0.3, -0.25) is 0 Å². The number of amides is 1. The SMILES string of the molecule is CNCC(C)OC(=O)NC1CCOC1. The number of ether oxygens (including phenoxy) is 2. The molecule has 5 heteroatoms. The van der Waals surface area contributed by atoms with Crippen LogP contribution >= 0.6 is 0 Å². The number of hydrogen-bond acceptors (Lipinski definition) is 4. The summed E-state index contributed by atoms with van der Waals surface area (Å²) in [6.07, 6.45) is 0.403. The van der Waals surface area contributed by atoms with Gasteiger partial charge in [-0.1, -0.05) is 0 Å². The van der Waals surface area contributed by atoms with E-state index in [1.165, 1.54) is 0 Å². The second-order valence-electron chi connectivity index (χ2n) is 3.48. The van der Waals surface area contributed by atoms with Crippen molar-refractivity contribution < 1.29 is 14.3 Å². The summed E-state index contributed by atoms with van der Waals surface area (Å²) in [6, 6.07) is 0.115. The van der Waals surface area contributed by atoms with Crippen molar-refractivity contribution in [3.8, 4) is 0 Å². The zero-order chi connectivity index (χ0) is 10.4. The monoisotopic (exact) mass is 202 g/mol. The van der Waals surface area contributed by atoms with Crippen molar-refractivity contribution in [2.24, 2.45) is 0 Å². The molecule has 1 amide bonds. The average Bonchev–Trinajstić information content (AvgIpc) is 2.56. The molecule has 82 valence electrons. The van der Waals surface area contributed by atoms with Crippen LogP contribution in [-0.2, 0) is 9.47 Å². The molecule has 0 saturated carbocycles. The van der Waals surface area contributed by atoms with E-state index in [2.05, 4.69) is 10.6 Å².